The summed E-state index contributed by atoms with van der Waals surface area (Å²) in [5, 5.41) is 14.5. The van der Waals surface area contributed by atoms with Crippen molar-refractivity contribution < 1.29 is 14.7 Å². The topological polar surface area (TPSA) is 78.4 Å². The molecular weight excluding hydrogens is 268 g/mol. The fourth-order valence-corrected chi connectivity index (χ4v) is 1.80. The van der Waals surface area contributed by atoms with E-state index in [0.717, 1.165) is 12.0 Å². The molecule has 0 aliphatic carbocycles. The highest BCUT2D eigenvalue weighted by Gasteiger charge is 2.23. The van der Waals surface area contributed by atoms with Crippen LogP contribution in [-0.4, -0.2) is 28.7 Å². The van der Waals surface area contributed by atoms with Gasteiger partial charge in [0.05, 0.1) is 0 Å². The molecule has 0 saturated heterocycles. The molecular formula is C16H24N2O3. The van der Waals surface area contributed by atoms with E-state index >= 15 is 0 Å². The number of aliphatic carboxylic acids is 1. The number of carboxylic acid groups (broad SMARTS) is 1. The zero-order valence-corrected chi connectivity index (χ0v) is 12.8. The van der Waals surface area contributed by atoms with Crippen LogP contribution in [-0.2, 0) is 11.2 Å². The molecule has 1 aromatic rings. The van der Waals surface area contributed by atoms with Crippen LogP contribution in [0.25, 0.3) is 0 Å². The summed E-state index contributed by atoms with van der Waals surface area (Å²) in [6.45, 7) is 5.75. The molecule has 2 amide bonds. The highest BCUT2D eigenvalue weighted by atomic mass is 16.4. The van der Waals surface area contributed by atoms with E-state index in [2.05, 4.69) is 10.6 Å². The second-order valence-electron chi connectivity index (χ2n) is 5.75. The van der Waals surface area contributed by atoms with Gasteiger partial charge in [0.1, 0.15) is 6.04 Å². The SMILES string of the molecule is CCC(C)(C)NC(=O)N[C@@H](CCc1ccccc1)C(=O)O. The molecule has 1 atom stereocenters. The Morgan fingerprint density at radius 3 is 2.38 bits per heavy atom. The molecule has 0 radical (unpaired) electrons. The molecule has 0 aromatic heterocycles. The van der Waals surface area contributed by atoms with E-state index in [-0.39, 0.29) is 5.54 Å². The second kappa shape index (κ2) is 7.67. The Labute approximate surface area is 125 Å². The van der Waals surface area contributed by atoms with Crippen molar-refractivity contribution in [3.05, 3.63) is 35.9 Å². The normalized spacial score (nSPS) is 12.5. The number of benzene rings is 1. The van der Waals surface area contributed by atoms with Crippen LogP contribution < -0.4 is 10.6 Å². The van der Waals surface area contributed by atoms with Crippen LogP contribution in [0.15, 0.2) is 30.3 Å². The highest BCUT2D eigenvalue weighted by molar-refractivity contribution is 5.82. The third-order valence-electron chi connectivity index (χ3n) is 3.50. The van der Waals surface area contributed by atoms with E-state index in [1.54, 1.807) is 0 Å². The lowest BCUT2D eigenvalue weighted by atomic mass is 10.0. The fraction of sp³-hybridized carbons (Fsp3) is 0.500. The standard InChI is InChI=1S/C16H24N2O3/c1-4-16(2,3)18-15(21)17-13(14(19)20)11-10-12-8-6-5-7-9-12/h5-9,13H,4,10-11H2,1-3H3,(H,19,20)(H2,17,18,21)/t13-/m0/s1. The molecule has 0 fully saturated rings. The third kappa shape index (κ3) is 6.29. The molecule has 0 aliphatic heterocycles. The van der Waals surface area contributed by atoms with E-state index in [4.69, 9.17) is 0 Å². The lowest BCUT2D eigenvalue weighted by Gasteiger charge is -2.26. The first-order valence-electron chi connectivity index (χ1n) is 7.19. The highest BCUT2D eigenvalue weighted by Crippen LogP contribution is 2.08. The summed E-state index contributed by atoms with van der Waals surface area (Å²) in [5.41, 5.74) is 0.701. The zero-order valence-electron chi connectivity index (χ0n) is 12.8. The van der Waals surface area contributed by atoms with Crippen molar-refractivity contribution in [2.75, 3.05) is 0 Å². The summed E-state index contributed by atoms with van der Waals surface area (Å²) in [7, 11) is 0. The monoisotopic (exact) mass is 292 g/mol. The van der Waals surface area contributed by atoms with Crippen LogP contribution in [0, 0.1) is 0 Å². The first-order valence-corrected chi connectivity index (χ1v) is 7.19. The number of carboxylic acids is 1. The van der Waals surface area contributed by atoms with Gasteiger partial charge in [-0.25, -0.2) is 9.59 Å². The molecule has 0 saturated carbocycles. The van der Waals surface area contributed by atoms with Crippen molar-refractivity contribution in [3.63, 3.8) is 0 Å². The average Bonchev–Trinajstić information content (AvgIpc) is 2.43. The van der Waals surface area contributed by atoms with Crippen LogP contribution in [0.1, 0.15) is 39.2 Å². The predicted octanol–water partition coefficient (Wildman–Crippen LogP) is 2.56. The van der Waals surface area contributed by atoms with Gasteiger partial charge in [0.2, 0.25) is 0 Å². The molecule has 0 heterocycles. The maximum atomic E-state index is 11.9. The molecule has 0 aliphatic rings. The van der Waals surface area contributed by atoms with Crippen LogP contribution in [0.2, 0.25) is 0 Å². The van der Waals surface area contributed by atoms with Crippen molar-refractivity contribution in [2.45, 2.75) is 51.6 Å². The van der Waals surface area contributed by atoms with Gasteiger partial charge in [-0.05, 0) is 38.7 Å². The maximum Gasteiger partial charge on any atom is 0.326 e. The Morgan fingerprint density at radius 2 is 1.86 bits per heavy atom. The molecule has 5 heteroatoms. The molecule has 5 nitrogen and oxygen atoms in total. The van der Waals surface area contributed by atoms with Crippen molar-refractivity contribution in [2.24, 2.45) is 0 Å². The van der Waals surface area contributed by atoms with Gasteiger partial charge in [-0.2, -0.15) is 0 Å². The number of hydrogen-bond donors (Lipinski definition) is 3. The summed E-state index contributed by atoms with van der Waals surface area (Å²) < 4.78 is 0. The number of aryl methyl sites for hydroxylation is 1. The average molecular weight is 292 g/mol. The molecule has 1 aromatic carbocycles. The summed E-state index contributed by atoms with van der Waals surface area (Å²) in [5.74, 6) is -1.02. The minimum Gasteiger partial charge on any atom is -0.480 e. The van der Waals surface area contributed by atoms with E-state index in [0.29, 0.717) is 12.8 Å². The summed E-state index contributed by atoms with van der Waals surface area (Å²) in [6, 6.07) is 8.29. The van der Waals surface area contributed by atoms with E-state index in [1.807, 2.05) is 51.1 Å². The van der Waals surface area contributed by atoms with Gasteiger partial charge < -0.3 is 15.7 Å². The van der Waals surface area contributed by atoms with Crippen LogP contribution >= 0.6 is 0 Å². The minimum absolute atomic E-state index is 0.355. The van der Waals surface area contributed by atoms with Gasteiger partial charge in [0.15, 0.2) is 0 Å². The van der Waals surface area contributed by atoms with Crippen molar-refractivity contribution in [1.29, 1.82) is 0 Å². The molecule has 0 spiro atoms. The summed E-state index contributed by atoms with van der Waals surface area (Å²) >= 11 is 0. The predicted molar refractivity (Wildman–Crippen MR) is 82.2 cm³/mol. The lowest BCUT2D eigenvalue weighted by Crippen LogP contribution is -2.52. The number of rotatable bonds is 7. The summed E-state index contributed by atoms with van der Waals surface area (Å²) in [6.07, 6.45) is 1.73. The number of carbonyl (C=O) groups is 2. The van der Waals surface area contributed by atoms with Gasteiger partial charge in [0, 0.05) is 5.54 Å². The molecule has 116 valence electrons. The van der Waals surface area contributed by atoms with Crippen molar-refractivity contribution in [1.82, 2.24) is 10.6 Å². The van der Waals surface area contributed by atoms with Gasteiger partial charge in [-0.3, -0.25) is 0 Å². The largest absolute Gasteiger partial charge is 0.480 e. The number of hydrogen-bond acceptors (Lipinski definition) is 2. The van der Waals surface area contributed by atoms with Crippen LogP contribution in [0.4, 0.5) is 4.79 Å². The quantitative estimate of drug-likeness (QED) is 0.722. The Hall–Kier alpha value is -2.04. The van der Waals surface area contributed by atoms with Crippen LogP contribution in [0.5, 0.6) is 0 Å². The van der Waals surface area contributed by atoms with Crippen LogP contribution in [0.3, 0.4) is 0 Å². The van der Waals surface area contributed by atoms with Crippen molar-refractivity contribution >= 4 is 12.0 Å². The van der Waals surface area contributed by atoms with Gasteiger partial charge in [-0.15, -0.1) is 0 Å². The molecule has 1 rings (SSSR count). The second-order valence-corrected chi connectivity index (χ2v) is 5.75. The zero-order chi connectivity index (χ0) is 15.9. The van der Waals surface area contributed by atoms with E-state index in [9.17, 15) is 14.7 Å². The molecule has 3 N–H and O–H groups in total. The van der Waals surface area contributed by atoms with Gasteiger partial charge in [0.25, 0.3) is 0 Å². The molecule has 0 bridgehead atoms. The maximum absolute atomic E-state index is 11.9. The Bertz CT molecular complexity index is 472. The number of nitrogens with one attached hydrogen (secondary N) is 2. The molecule has 0 unspecified atom stereocenters. The Balaban J connectivity index is 2.54. The molecule has 21 heavy (non-hydrogen) atoms. The minimum atomic E-state index is -1.02. The van der Waals surface area contributed by atoms with E-state index in [1.165, 1.54) is 0 Å². The third-order valence-corrected chi connectivity index (χ3v) is 3.50. The van der Waals surface area contributed by atoms with Gasteiger partial charge >= 0.3 is 12.0 Å². The Kier molecular flexibility index (Phi) is 6.21. The smallest absolute Gasteiger partial charge is 0.326 e. The fourth-order valence-electron chi connectivity index (χ4n) is 1.80. The van der Waals surface area contributed by atoms with Gasteiger partial charge in [-0.1, -0.05) is 37.3 Å². The summed E-state index contributed by atoms with van der Waals surface area (Å²) in [4.78, 5) is 23.1. The first kappa shape index (κ1) is 17.0. The Morgan fingerprint density at radius 1 is 1.24 bits per heavy atom. The number of carbonyl (C=O) groups excluding carboxylic acids is 1. The number of amides is 2. The van der Waals surface area contributed by atoms with Crippen molar-refractivity contribution in [3.8, 4) is 0 Å². The first-order chi connectivity index (χ1) is 9.84. The van der Waals surface area contributed by atoms with E-state index < -0.39 is 18.0 Å². The lowest BCUT2D eigenvalue weighted by molar-refractivity contribution is -0.139. The number of urea groups is 1.